The average molecular weight is 343 g/mol. The number of nitro benzene ring substituents is 1. The molecule has 1 fully saturated rings. The van der Waals surface area contributed by atoms with E-state index < -0.39 is 0 Å². The zero-order valence-electron chi connectivity index (χ0n) is 14.1. The van der Waals surface area contributed by atoms with Crippen molar-refractivity contribution in [2.75, 3.05) is 0 Å². The van der Waals surface area contributed by atoms with Gasteiger partial charge in [0.15, 0.2) is 0 Å². The Kier molecular flexibility index (Phi) is 3.23. The number of hydrogen-bond donors (Lipinski definition) is 0. The molecular weight excluding hydrogens is 326 g/mol. The first-order valence-electron chi connectivity index (χ1n) is 8.93. The van der Waals surface area contributed by atoms with E-state index in [1.54, 1.807) is 12.1 Å². The molecule has 3 aromatic rings. The maximum Gasteiger partial charge on any atom is 0.269 e. The van der Waals surface area contributed by atoms with E-state index in [1.165, 1.54) is 10.8 Å². The van der Waals surface area contributed by atoms with E-state index >= 15 is 0 Å². The van der Waals surface area contributed by atoms with Crippen LogP contribution in [0.15, 0.2) is 60.7 Å². The van der Waals surface area contributed by atoms with Crippen molar-refractivity contribution in [1.29, 1.82) is 0 Å². The Bertz CT molecular complexity index is 1000. The van der Waals surface area contributed by atoms with Gasteiger partial charge in [-0.2, -0.15) is 0 Å². The number of rotatable bonds is 2. The van der Waals surface area contributed by atoms with Crippen molar-refractivity contribution >= 4 is 22.2 Å². The van der Waals surface area contributed by atoms with Crippen molar-refractivity contribution in [3.63, 3.8) is 0 Å². The second-order valence-electron chi connectivity index (χ2n) is 7.32. The minimum absolute atomic E-state index is 0.0764. The van der Waals surface area contributed by atoms with Crippen LogP contribution in [0, 0.1) is 10.1 Å². The smallest absolute Gasteiger partial charge is 0.269 e. The van der Waals surface area contributed by atoms with Gasteiger partial charge in [0.1, 0.15) is 5.78 Å². The highest BCUT2D eigenvalue weighted by molar-refractivity contribution is 6.05. The van der Waals surface area contributed by atoms with Crippen LogP contribution >= 0.6 is 0 Å². The van der Waals surface area contributed by atoms with Gasteiger partial charge in [0.25, 0.3) is 5.69 Å². The number of benzene rings is 3. The predicted octanol–water partition coefficient (Wildman–Crippen LogP) is 5.08. The zero-order chi connectivity index (χ0) is 17.8. The molecule has 1 unspecified atom stereocenters. The van der Waals surface area contributed by atoms with Crippen molar-refractivity contribution in [3.8, 4) is 0 Å². The van der Waals surface area contributed by atoms with Gasteiger partial charge in [-0.1, -0.05) is 48.5 Å². The molecule has 0 saturated heterocycles. The molecule has 2 aliphatic carbocycles. The number of hydrogen-bond acceptors (Lipinski definition) is 3. The third-order valence-electron chi connectivity index (χ3n) is 6.02. The van der Waals surface area contributed by atoms with Gasteiger partial charge in [-0.05, 0) is 46.2 Å². The van der Waals surface area contributed by atoms with Crippen molar-refractivity contribution in [2.45, 2.75) is 30.6 Å². The van der Waals surface area contributed by atoms with E-state index in [9.17, 15) is 14.9 Å². The molecule has 26 heavy (non-hydrogen) atoms. The van der Waals surface area contributed by atoms with Gasteiger partial charge in [-0.25, -0.2) is 0 Å². The van der Waals surface area contributed by atoms with E-state index in [1.807, 2.05) is 24.3 Å². The van der Waals surface area contributed by atoms with Crippen LogP contribution in [0.5, 0.6) is 0 Å². The lowest BCUT2D eigenvalue weighted by atomic mass is 9.63. The Morgan fingerprint density at radius 2 is 1.42 bits per heavy atom. The molecule has 0 radical (unpaired) electrons. The molecule has 2 bridgehead atoms. The van der Waals surface area contributed by atoms with Crippen LogP contribution < -0.4 is 0 Å². The van der Waals surface area contributed by atoms with Gasteiger partial charge in [0, 0.05) is 24.0 Å². The number of carbonyl (C=O) groups excluding carboxylic acids is 1. The number of fused-ring (bicyclic) bond motifs is 4. The molecule has 0 N–H and O–H groups in total. The van der Waals surface area contributed by atoms with Gasteiger partial charge < -0.3 is 0 Å². The molecule has 4 heteroatoms. The summed E-state index contributed by atoms with van der Waals surface area (Å²) in [6, 6.07) is 19.3. The van der Waals surface area contributed by atoms with Gasteiger partial charge in [-0.3, -0.25) is 14.9 Å². The largest absolute Gasteiger partial charge is 0.298 e. The summed E-state index contributed by atoms with van der Waals surface area (Å²) >= 11 is 0. The third kappa shape index (κ3) is 2.11. The van der Waals surface area contributed by atoms with Crippen LogP contribution in [-0.4, -0.2) is 10.7 Å². The van der Waals surface area contributed by atoms with Gasteiger partial charge in [0.2, 0.25) is 0 Å². The lowest BCUT2D eigenvalue weighted by molar-refractivity contribution is -0.384. The fraction of sp³-hybridized carbons (Fsp3) is 0.227. The van der Waals surface area contributed by atoms with Crippen LogP contribution in [0.1, 0.15) is 47.3 Å². The Morgan fingerprint density at radius 3 is 1.96 bits per heavy atom. The summed E-state index contributed by atoms with van der Waals surface area (Å²) < 4.78 is 0. The van der Waals surface area contributed by atoms with Crippen molar-refractivity contribution < 1.29 is 9.72 Å². The maximum absolute atomic E-state index is 13.0. The van der Waals surface area contributed by atoms with E-state index in [2.05, 4.69) is 24.3 Å². The van der Waals surface area contributed by atoms with Crippen LogP contribution in [0.3, 0.4) is 0 Å². The van der Waals surface area contributed by atoms with Crippen molar-refractivity contribution in [2.24, 2.45) is 0 Å². The Hall–Kier alpha value is -3.01. The number of nitro groups is 1. The Balaban J connectivity index is 1.59. The Labute approximate surface area is 150 Å². The lowest BCUT2D eigenvalue weighted by Crippen LogP contribution is -2.33. The number of non-ortho nitro benzene ring substituents is 1. The summed E-state index contributed by atoms with van der Waals surface area (Å²) in [4.78, 5) is 23.6. The van der Waals surface area contributed by atoms with Crippen LogP contribution in [0.25, 0.3) is 10.8 Å². The van der Waals surface area contributed by atoms with E-state index in [0.717, 1.165) is 29.5 Å². The molecule has 0 heterocycles. The SMILES string of the molecule is O=C1[C@H]2CC(c3ccc([N+](=O)[O-])cc3)C[C@@H]1c1cccc3cccc2c13. The van der Waals surface area contributed by atoms with Gasteiger partial charge in [0.05, 0.1) is 4.92 Å². The minimum atomic E-state index is -0.375. The van der Waals surface area contributed by atoms with Crippen LogP contribution in [-0.2, 0) is 4.79 Å². The molecule has 2 aliphatic rings. The molecule has 4 nitrogen and oxygen atoms in total. The second-order valence-corrected chi connectivity index (χ2v) is 7.32. The highest BCUT2D eigenvalue weighted by atomic mass is 16.6. The maximum atomic E-state index is 13.0. The average Bonchev–Trinajstić information content (AvgIpc) is 2.66. The Morgan fingerprint density at radius 1 is 0.846 bits per heavy atom. The number of ketones is 1. The fourth-order valence-electron chi connectivity index (χ4n) is 4.82. The van der Waals surface area contributed by atoms with Crippen LogP contribution in [0.2, 0.25) is 0 Å². The molecule has 0 amide bonds. The molecule has 0 aromatic heterocycles. The highest BCUT2D eigenvalue weighted by Crippen LogP contribution is 2.52. The van der Waals surface area contributed by atoms with E-state index in [-0.39, 0.29) is 28.4 Å². The van der Waals surface area contributed by atoms with Gasteiger partial charge in [-0.15, -0.1) is 0 Å². The summed E-state index contributed by atoms with van der Waals surface area (Å²) in [5, 5.41) is 13.4. The normalized spacial score (nSPS) is 23.8. The quantitative estimate of drug-likeness (QED) is 0.482. The first-order valence-corrected chi connectivity index (χ1v) is 8.93. The molecule has 5 rings (SSSR count). The molecule has 0 aliphatic heterocycles. The second kappa shape index (κ2) is 5.49. The third-order valence-corrected chi connectivity index (χ3v) is 6.02. The van der Waals surface area contributed by atoms with Crippen LogP contribution in [0.4, 0.5) is 5.69 Å². The zero-order valence-corrected chi connectivity index (χ0v) is 14.1. The summed E-state index contributed by atoms with van der Waals surface area (Å²) in [7, 11) is 0. The van der Waals surface area contributed by atoms with Crippen molar-refractivity contribution in [3.05, 3.63) is 87.5 Å². The molecule has 128 valence electrons. The number of nitrogens with zero attached hydrogens (tertiary/aromatic N) is 1. The number of Topliss-reactive ketones (excluding diaryl/α,β-unsaturated/α-hetero) is 1. The highest BCUT2D eigenvalue weighted by Gasteiger charge is 2.43. The fourth-order valence-corrected chi connectivity index (χ4v) is 4.82. The molecule has 3 aromatic carbocycles. The minimum Gasteiger partial charge on any atom is -0.298 e. The summed E-state index contributed by atoms with van der Waals surface area (Å²) in [5.41, 5.74) is 3.48. The monoisotopic (exact) mass is 343 g/mol. The van der Waals surface area contributed by atoms with E-state index in [0.29, 0.717) is 5.78 Å². The van der Waals surface area contributed by atoms with Gasteiger partial charge >= 0.3 is 0 Å². The first-order chi connectivity index (χ1) is 12.6. The lowest BCUT2D eigenvalue weighted by Gasteiger charge is -2.39. The summed E-state index contributed by atoms with van der Waals surface area (Å²) in [5.74, 6) is 0.418. The molecule has 3 atom stereocenters. The molecule has 1 saturated carbocycles. The van der Waals surface area contributed by atoms with Crippen molar-refractivity contribution in [1.82, 2.24) is 0 Å². The topological polar surface area (TPSA) is 60.2 Å². The summed E-state index contributed by atoms with van der Waals surface area (Å²) in [6.07, 6.45) is 1.56. The summed E-state index contributed by atoms with van der Waals surface area (Å²) in [6.45, 7) is 0. The first kappa shape index (κ1) is 15.3. The molecular formula is C22H17NO3. The predicted molar refractivity (Wildman–Crippen MR) is 99.5 cm³/mol. The number of carbonyl (C=O) groups is 1. The standard InChI is InChI=1S/C22H17NO3/c24-22-19-11-15(13-7-9-16(10-8-13)23(25)26)12-20(22)18-6-2-4-14-3-1-5-17(19)21(14)18/h1-10,15,19-20H,11-12H2/t15?,19-,20+. The molecule has 0 spiro atoms. The van der Waals surface area contributed by atoms with E-state index in [4.69, 9.17) is 0 Å².